The van der Waals surface area contributed by atoms with Crippen LogP contribution < -0.4 is 10.6 Å². The van der Waals surface area contributed by atoms with E-state index in [1.165, 1.54) is 26.2 Å². The third-order valence-electron chi connectivity index (χ3n) is 2.86. The number of carbonyl (C=O) groups excluding carboxylic acids is 4. The van der Waals surface area contributed by atoms with Crippen LogP contribution >= 0.6 is 0 Å². The van der Waals surface area contributed by atoms with Gasteiger partial charge in [-0.15, -0.1) is 0 Å². The Kier molecular flexibility index (Phi) is 6.72. The fourth-order valence-corrected chi connectivity index (χ4v) is 1.74. The van der Waals surface area contributed by atoms with Crippen LogP contribution in [0.5, 0.6) is 0 Å². The molecule has 23 heavy (non-hydrogen) atoms. The summed E-state index contributed by atoms with van der Waals surface area (Å²) in [5.41, 5.74) is 0.797. The lowest BCUT2D eigenvalue weighted by Gasteiger charge is -2.15. The fourth-order valence-electron chi connectivity index (χ4n) is 1.74. The van der Waals surface area contributed by atoms with Crippen LogP contribution in [0.4, 0.5) is 5.69 Å². The summed E-state index contributed by atoms with van der Waals surface area (Å²) in [5.74, 6) is -2.19. The lowest BCUT2D eigenvalue weighted by atomic mass is 10.1. The maximum absolute atomic E-state index is 12.1. The molecule has 1 rings (SSSR count). The Morgan fingerprint density at radius 1 is 1.04 bits per heavy atom. The van der Waals surface area contributed by atoms with E-state index < -0.39 is 23.9 Å². The van der Waals surface area contributed by atoms with Gasteiger partial charge in [0, 0.05) is 18.2 Å². The van der Waals surface area contributed by atoms with Gasteiger partial charge in [0.25, 0.3) is 5.91 Å². The van der Waals surface area contributed by atoms with E-state index >= 15 is 0 Å². The van der Waals surface area contributed by atoms with E-state index in [2.05, 4.69) is 20.1 Å². The SMILES string of the molecule is COC(=O)C[C@H](NC(=O)c1ccc(NC(C)=O)cc1)C(=O)OC. The number of carbonyl (C=O) groups is 4. The van der Waals surface area contributed by atoms with Crippen molar-refractivity contribution in [3.63, 3.8) is 0 Å². The Morgan fingerprint density at radius 2 is 1.65 bits per heavy atom. The molecule has 1 aromatic carbocycles. The van der Waals surface area contributed by atoms with Crippen LogP contribution in [0.2, 0.25) is 0 Å². The highest BCUT2D eigenvalue weighted by atomic mass is 16.5. The van der Waals surface area contributed by atoms with Gasteiger partial charge in [-0.2, -0.15) is 0 Å². The van der Waals surface area contributed by atoms with Crippen molar-refractivity contribution < 1.29 is 28.7 Å². The van der Waals surface area contributed by atoms with Crippen LogP contribution in [0.1, 0.15) is 23.7 Å². The number of hydrogen-bond donors (Lipinski definition) is 2. The van der Waals surface area contributed by atoms with Crippen LogP contribution in [0.3, 0.4) is 0 Å². The summed E-state index contributed by atoms with van der Waals surface area (Å²) in [6.45, 7) is 1.37. The number of methoxy groups -OCH3 is 2. The van der Waals surface area contributed by atoms with E-state index in [4.69, 9.17) is 0 Å². The predicted molar refractivity (Wildman–Crippen MR) is 80.6 cm³/mol. The Hall–Kier alpha value is -2.90. The number of esters is 2. The molecule has 0 saturated heterocycles. The number of ether oxygens (including phenoxy) is 2. The lowest BCUT2D eigenvalue weighted by molar-refractivity contribution is -0.149. The number of benzene rings is 1. The summed E-state index contributed by atoms with van der Waals surface area (Å²) in [4.78, 5) is 46.0. The molecule has 8 nitrogen and oxygen atoms in total. The van der Waals surface area contributed by atoms with Gasteiger partial charge in [-0.1, -0.05) is 0 Å². The molecule has 0 spiro atoms. The first-order valence-electron chi connectivity index (χ1n) is 6.70. The minimum absolute atomic E-state index is 0.231. The summed E-state index contributed by atoms with van der Waals surface area (Å²) >= 11 is 0. The normalized spacial score (nSPS) is 11.1. The Balaban J connectivity index is 2.79. The first-order valence-corrected chi connectivity index (χ1v) is 6.70. The van der Waals surface area contributed by atoms with E-state index in [9.17, 15) is 19.2 Å². The molecule has 0 aliphatic heterocycles. The van der Waals surface area contributed by atoms with E-state index in [0.717, 1.165) is 7.11 Å². The average Bonchev–Trinajstić information content (AvgIpc) is 2.53. The van der Waals surface area contributed by atoms with Crippen molar-refractivity contribution >= 4 is 29.4 Å². The molecule has 0 aromatic heterocycles. The molecule has 2 amide bonds. The lowest BCUT2D eigenvalue weighted by Crippen LogP contribution is -2.43. The third-order valence-corrected chi connectivity index (χ3v) is 2.86. The first kappa shape index (κ1) is 18.1. The van der Waals surface area contributed by atoms with Gasteiger partial charge in [-0.3, -0.25) is 14.4 Å². The number of hydrogen-bond acceptors (Lipinski definition) is 6. The zero-order valence-corrected chi connectivity index (χ0v) is 13.0. The minimum atomic E-state index is -1.14. The molecule has 0 bridgehead atoms. The monoisotopic (exact) mass is 322 g/mol. The van der Waals surface area contributed by atoms with Crippen molar-refractivity contribution in [1.29, 1.82) is 0 Å². The molecule has 0 aliphatic rings. The van der Waals surface area contributed by atoms with E-state index in [-0.39, 0.29) is 17.9 Å². The molecule has 124 valence electrons. The Morgan fingerprint density at radius 3 is 2.13 bits per heavy atom. The topological polar surface area (TPSA) is 111 Å². The molecule has 1 aromatic rings. The maximum Gasteiger partial charge on any atom is 0.328 e. The van der Waals surface area contributed by atoms with Gasteiger partial charge >= 0.3 is 11.9 Å². The largest absolute Gasteiger partial charge is 0.469 e. The number of rotatable bonds is 6. The first-order chi connectivity index (χ1) is 10.9. The maximum atomic E-state index is 12.1. The van der Waals surface area contributed by atoms with Crippen LogP contribution in [0.25, 0.3) is 0 Å². The van der Waals surface area contributed by atoms with Gasteiger partial charge in [0.1, 0.15) is 6.04 Å². The molecule has 0 aliphatic carbocycles. The van der Waals surface area contributed by atoms with Gasteiger partial charge < -0.3 is 20.1 Å². The number of nitrogens with one attached hydrogen (secondary N) is 2. The Labute approximate surface area is 133 Å². The van der Waals surface area contributed by atoms with E-state index in [1.807, 2.05) is 0 Å². The molecule has 0 fully saturated rings. The highest BCUT2D eigenvalue weighted by Crippen LogP contribution is 2.10. The number of anilines is 1. The van der Waals surface area contributed by atoms with Crippen molar-refractivity contribution in [3.8, 4) is 0 Å². The molecule has 1 atom stereocenters. The predicted octanol–water partition coefficient (Wildman–Crippen LogP) is 0.479. The summed E-state index contributed by atoms with van der Waals surface area (Å²) in [5, 5.41) is 4.97. The van der Waals surface area contributed by atoms with Crippen molar-refractivity contribution in [1.82, 2.24) is 5.32 Å². The van der Waals surface area contributed by atoms with Crippen molar-refractivity contribution in [2.45, 2.75) is 19.4 Å². The van der Waals surface area contributed by atoms with Gasteiger partial charge in [0.15, 0.2) is 0 Å². The van der Waals surface area contributed by atoms with Crippen LogP contribution in [-0.2, 0) is 23.9 Å². The zero-order valence-electron chi connectivity index (χ0n) is 13.0. The van der Waals surface area contributed by atoms with Gasteiger partial charge in [0.2, 0.25) is 5.91 Å². The molecule has 0 unspecified atom stereocenters. The fraction of sp³-hybridized carbons (Fsp3) is 0.333. The van der Waals surface area contributed by atoms with E-state index in [1.54, 1.807) is 12.1 Å². The smallest absolute Gasteiger partial charge is 0.328 e. The summed E-state index contributed by atoms with van der Waals surface area (Å²) in [6.07, 6.45) is -0.334. The van der Waals surface area contributed by atoms with Gasteiger partial charge in [-0.25, -0.2) is 4.79 Å². The molecular formula is C15H18N2O6. The standard InChI is InChI=1S/C15H18N2O6/c1-9(18)16-11-6-4-10(5-7-11)14(20)17-12(15(21)23-3)8-13(19)22-2/h4-7,12H,8H2,1-3H3,(H,16,18)(H,17,20)/t12-/m0/s1. The van der Waals surface area contributed by atoms with Crippen molar-refractivity contribution in [2.24, 2.45) is 0 Å². The summed E-state index contributed by atoms with van der Waals surface area (Å²) in [7, 11) is 2.33. The Bertz CT molecular complexity index is 596. The highest BCUT2D eigenvalue weighted by molar-refractivity contribution is 5.98. The zero-order chi connectivity index (χ0) is 17.4. The quantitative estimate of drug-likeness (QED) is 0.737. The molecule has 0 saturated carbocycles. The van der Waals surface area contributed by atoms with Gasteiger partial charge in [0.05, 0.1) is 20.6 Å². The second-order valence-corrected chi connectivity index (χ2v) is 4.59. The second-order valence-electron chi connectivity index (χ2n) is 4.59. The number of amides is 2. The minimum Gasteiger partial charge on any atom is -0.469 e. The van der Waals surface area contributed by atoms with Crippen LogP contribution in [0.15, 0.2) is 24.3 Å². The van der Waals surface area contributed by atoms with Crippen molar-refractivity contribution in [3.05, 3.63) is 29.8 Å². The molecule has 2 N–H and O–H groups in total. The summed E-state index contributed by atoms with van der Waals surface area (Å²) < 4.78 is 9.03. The molecule has 0 heterocycles. The van der Waals surface area contributed by atoms with Crippen LogP contribution in [0, 0.1) is 0 Å². The average molecular weight is 322 g/mol. The highest BCUT2D eigenvalue weighted by Gasteiger charge is 2.25. The molecule has 0 radical (unpaired) electrons. The molecular weight excluding hydrogens is 304 g/mol. The van der Waals surface area contributed by atoms with E-state index in [0.29, 0.717) is 5.69 Å². The third kappa shape index (κ3) is 5.77. The van der Waals surface area contributed by atoms with Crippen molar-refractivity contribution in [2.75, 3.05) is 19.5 Å². The van der Waals surface area contributed by atoms with Gasteiger partial charge in [-0.05, 0) is 24.3 Å². The second kappa shape index (κ2) is 8.52. The van der Waals surface area contributed by atoms with Crippen LogP contribution in [-0.4, -0.2) is 44.0 Å². The molecule has 8 heteroatoms. The summed E-state index contributed by atoms with van der Waals surface area (Å²) in [6, 6.07) is 4.91.